The summed E-state index contributed by atoms with van der Waals surface area (Å²) >= 11 is 18.3. The van der Waals surface area contributed by atoms with Gasteiger partial charge in [-0.25, -0.2) is 9.97 Å². The van der Waals surface area contributed by atoms with Gasteiger partial charge >= 0.3 is 0 Å². The van der Waals surface area contributed by atoms with Crippen molar-refractivity contribution >= 4 is 34.8 Å². The summed E-state index contributed by atoms with van der Waals surface area (Å²) in [4.78, 5) is 8.65. The molecule has 0 saturated carbocycles. The van der Waals surface area contributed by atoms with E-state index >= 15 is 0 Å². The molecule has 0 N–H and O–H groups in total. The fourth-order valence-corrected chi connectivity index (χ4v) is 2.31. The highest BCUT2D eigenvalue weighted by atomic mass is 35.5. The molecule has 94 valence electrons. The third kappa shape index (κ3) is 2.77. The Morgan fingerprint density at radius 2 is 1.61 bits per heavy atom. The average molecular weight is 302 g/mol. The number of nitrogens with zero attached hydrogens (tertiary/aromatic N) is 2. The molecule has 1 aromatic heterocycles. The zero-order valence-electron chi connectivity index (χ0n) is 9.92. The van der Waals surface area contributed by atoms with Crippen LogP contribution in [0, 0.1) is 0 Å². The molecule has 0 bridgehead atoms. The molecule has 0 aliphatic rings. The van der Waals surface area contributed by atoms with Gasteiger partial charge in [-0.15, -0.1) is 0 Å². The molecule has 2 rings (SSSR count). The molecule has 0 radical (unpaired) electrons. The summed E-state index contributed by atoms with van der Waals surface area (Å²) in [5, 5.41) is 1.42. The zero-order chi connectivity index (χ0) is 13.3. The van der Waals surface area contributed by atoms with Gasteiger partial charge in [-0.1, -0.05) is 54.7 Å². The number of hydrogen-bond donors (Lipinski definition) is 0. The number of rotatable bonds is 2. The molecule has 0 atom stereocenters. The lowest BCUT2D eigenvalue weighted by Crippen LogP contribution is -1.98. The van der Waals surface area contributed by atoms with E-state index in [9.17, 15) is 0 Å². The molecule has 0 unspecified atom stereocenters. The number of halogens is 3. The lowest BCUT2D eigenvalue weighted by Gasteiger charge is -2.10. The highest BCUT2D eigenvalue weighted by molar-refractivity contribution is 6.39. The molecular weight excluding hydrogens is 291 g/mol. The lowest BCUT2D eigenvalue weighted by molar-refractivity contribution is 0.817. The molecule has 0 aliphatic carbocycles. The molecule has 0 amide bonds. The molecule has 2 nitrogen and oxygen atoms in total. The molecule has 18 heavy (non-hydrogen) atoms. The van der Waals surface area contributed by atoms with Crippen molar-refractivity contribution in [2.24, 2.45) is 0 Å². The summed E-state index contributed by atoms with van der Waals surface area (Å²) in [6.07, 6.45) is 0. The molecule has 5 heteroatoms. The van der Waals surface area contributed by atoms with Gasteiger partial charge in [0.05, 0.1) is 15.6 Å². The van der Waals surface area contributed by atoms with Crippen LogP contribution in [0.15, 0.2) is 24.3 Å². The lowest BCUT2D eigenvalue weighted by atomic mass is 10.1. The zero-order valence-corrected chi connectivity index (χ0v) is 12.2. The van der Waals surface area contributed by atoms with E-state index in [0.717, 1.165) is 5.69 Å². The van der Waals surface area contributed by atoms with E-state index in [0.29, 0.717) is 26.6 Å². The maximum atomic E-state index is 6.14. The Morgan fingerprint density at radius 1 is 1.00 bits per heavy atom. The van der Waals surface area contributed by atoms with Gasteiger partial charge in [0.2, 0.25) is 0 Å². The monoisotopic (exact) mass is 300 g/mol. The van der Waals surface area contributed by atoms with Crippen molar-refractivity contribution in [3.05, 3.63) is 45.2 Å². The molecule has 1 aromatic carbocycles. The Balaban J connectivity index is 2.64. The van der Waals surface area contributed by atoms with E-state index < -0.39 is 0 Å². The largest absolute Gasteiger partial charge is 0.233 e. The summed E-state index contributed by atoms with van der Waals surface area (Å²) in [6.45, 7) is 4.08. The van der Waals surface area contributed by atoms with Crippen LogP contribution in [0.2, 0.25) is 15.2 Å². The Kier molecular flexibility index (Phi) is 4.10. The first-order valence-electron chi connectivity index (χ1n) is 5.48. The molecule has 1 heterocycles. The molecule has 0 fully saturated rings. The Labute approximate surface area is 121 Å². The van der Waals surface area contributed by atoms with Gasteiger partial charge in [0, 0.05) is 5.69 Å². The van der Waals surface area contributed by atoms with Gasteiger partial charge in [0.15, 0.2) is 5.82 Å². The van der Waals surface area contributed by atoms with Crippen molar-refractivity contribution < 1.29 is 0 Å². The van der Waals surface area contributed by atoms with Crippen LogP contribution in [0.3, 0.4) is 0 Å². The van der Waals surface area contributed by atoms with Crippen molar-refractivity contribution in [3.8, 4) is 11.4 Å². The van der Waals surface area contributed by atoms with E-state index in [-0.39, 0.29) is 5.92 Å². The predicted molar refractivity (Wildman–Crippen MR) is 76.6 cm³/mol. The second-order valence-electron chi connectivity index (χ2n) is 4.19. The fraction of sp³-hybridized carbons (Fsp3) is 0.231. The normalized spacial score (nSPS) is 11.0. The smallest absolute Gasteiger partial charge is 0.164 e. The van der Waals surface area contributed by atoms with Crippen LogP contribution in [0.25, 0.3) is 11.4 Å². The van der Waals surface area contributed by atoms with Crippen LogP contribution >= 0.6 is 34.8 Å². The third-order valence-electron chi connectivity index (χ3n) is 2.49. The Morgan fingerprint density at radius 3 is 2.17 bits per heavy atom. The van der Waals surface area contributed by atoms with Crippen LogP contribution in [-0.4, -0.2) is 9.97 Å². The topological polar surface area (TPSA) is 25.8 Å². The van der Waals surface area contributed by atoms with Crippen molar-refractivity contribution in [3.63, 3.8) is 0 Å². The van der Waals surface area contributed by atoms with E-state index in [2.05, 4.69) is 9.97 Å². The summed E-state index contributed by atoms with van der Waals surface area (Å²) in [7, 11) is 0. The SMILES string of the molecule is CC(C)c1cc(Cl)nc(-c2c(Cl)cccc2Cl)n1. The number of hydrogen-bond acceptors (Lipinski definition) is 2. The van der Waals surface area contributed by atoms with Gasteiger partial charge in [0.1, 0.15) is 5.15 Å². The minimum absolute atomic E-state index is 0.255. The first-order chi connectivity index (χ1) is 8.49. The highest BCUT2D eigenvalue weighted by Crippen LogP contribution is 2.33. The molecule has 2 aromatic rings. The summed E-state index contributed by atoms with van der Waals surface area (Å²) in [5.41, 5.74) is 1.48. The average Bonchev–Trinajstić information content (AvgIpc) is 2.28. The van der Waals surface area contributed by atoms with Gasteiger partial charge in [-0.3, -0.25) is 0 Å². The molecule has 0 saturated heterocycles. The third-order valence-corrected chi connectivity index (χ3v) is 3.32. The molecule has 0 spiro atoms. The quantitative estimate of drug-likeness (QED) is 0.710. The Hall–Kier alpha value is -0.830. The second-order valence-corrected chi connectivity index (χ2v) is 5.39. The summed E-state index contributed by atoms with van der Waals surface area (Å²) < 4.78 is 0. The van der Waals surface area contributed by atoms with Crippen molar-refractivity contribution in [1.29, 1.82) is 0 Å². The van der Waals surface area contributed by atoms with Crippen LogP contribution in [0.1, 0.15) is 25.5 Å². The minimum atomic E-state index is 0.255. The highest BCUT2D eigenvalue weighted by Gasteiger charge is 2.14. The van der Waals surface area contributed by atoms with Gasteiger partial charge in [-0.2, -0.15) is 0 Å². The van der Waals surface area contributed by atoms with E-state index in [4.69, 9.17) is 34.8 Å². The predicted octanol–water partition coefficient (Wildman–Crippen LogP) is 5.23. The first-order valence-corrected chi connectivity index (χ1v) is 6.61. The van der Waals surface area contributed by atoms with E-state index in [1.165, 1.54) is 0 Å². The van der Waals surface area contributed by atoms with Crippen LogP contribution < -0.4 is 0 Å². The first kappa shape index (κ1) is 13.6. The maximum Gasteiger partial charge on any atom is 0.164 e. The van der Waals surface area contributed by atoms with E-state index in [1.807, 2.05) is 13.8 Å². The molecule has 0 aliphatic heterocycles. The van der Waals surface area contributed by atoms with Crippen LogP contribution in [-0.2, 0) is 0 Å². The standard InChI is InChI=1S/C13H11Cl3N2/c1-7(2)10-6-11(16)18-13(17-10)12-8(14)4-3-5-9(12)15/h3-7H,1-2H3. The van der Waals surface area contributed by atoms with E-state index in [1.54, 1.807) is 24.3 Å². The van der Waals surface area contributed by atoms with Crippen molar-refractivity contribution in [2.75, 3.05) is 0 Å². The maximum absolute atomic E-state index is 6.14. The van der Waals surface area contributed by atoms with Crippen LogP contribution in [0.5, 0.6) is 0 Å². The number of benzene rings is 1. The minimum Gasteiger partial charge on any atom is -0.233 e. The molecular formula is C13H11Cl3N2. The second kappa shape index (κ2) is 5.43. The number of aromatic nitrogens is 2. The summed E-state index contributed by atoms with van der Waals surface area (Å²) in [5.74, 6) is 0.715. The fourth-order valence-electron chi connectivity index (χ4n) is 1.55. The van der Waals surface area contributed by atoms with Gasteiger partial charge in [0.25, 0.3) is 0 Å². The van der Waals surface area contributed by atoms with Crippen molar-refractivity contribution in [2.45, 2.75) is 19.8 Å². The van der Waals surface area contributed by atoms with Gasteiger partial charge < -0.3 is 0 Å². The van der Waals surface area contributed by atoms with Gasteiger partial charge in [-0.05, 0) is 24.1 Å². The summed E-state index contributed by atoms with van der Waals surface area (Å²) in [6, 6.07) is 7.03. The van der Waals surface area contributed by atoms with Crippen molar-refractivity contribution in [1.82, 2.24) is 9.97 Å². The van der Waals surface area contributed by atoms with Crippen LogP contribution in [0.4, 0.5) is 0 Å². The Bertz CT molecular complexity index is 562.